The third kappa shape index (κ3) is 5.53. The van der Waals surface area contributed by atoms with Crippen molar-refractivity contribution in [1.29, 1.82) is 5.26 Å². The highest BCUT2D eigenvalue weighted by Gasteiger charge is 2.64. The fourth-order valence-corrected chi connectivity index (χ4v) is 8.90. The molecular formula is C36H48N4O3. The normalized spacial score (nSPS) is 26.7. The number of amides is 1. The number of aryl methyl sites for hydroxylation is 1. The number of carbonyl (C=O) groups is 1. The Morgan fingerprint density at radius 2 is 1.60 bits per heavy atom. The van der Waals surface area contributed by atoms with Gasteiger partial charge in [-0.15, -0.1) is 0 Å². The number of piperidine rings is 1. The van der Waals surface area contributed by atoms with Crippen LogP contribution in [0.2, 0.25) is 0 Å². The Labute approximate surface area is 257 Å². The molecule has 0 unspecified atom stereocenters. The summed E-state index contributed by atoms with van der Waals surface area (Å²) in [4.78, 5) is 18.5. The van der Waals surface area contributed by atoms with Gasteiger partial charge in [0.05, 0.1) is 17.7 Å². The van der Waals surface area contributed by atoms with Gasteiger partial charge in [-0.1, -0.05) is 27.7 Å². The second-order valence-electron chi connectivity index (χ2n) is 15.0. The van der Waals surface area contributed by atoms with Gasteiger partial charge in [0, 0.05) is 65.8 Å². The maximum absolute atomic E-state index is 13.4. The van der Waals surface area contributed by atoms with Crippen molar-refractivity contribution >= 4 is 11.6 Å². The zero-order chi connectivity index (χ0) is 30.6. The molecule has 6 rings (SSSR count). The molecule has 43 heavy (non-hydrogen) atoms. The minimum atomic E-state index is -0.263. The van der Waals surface area contributed by atoms with Crippen LogP contribution < -0.4 is 15.0 Å². The van der Waals surface area contributed by atoms with Gasteiger partial charge in [-0.25, -0.2) is 0 Å². The summed E-state index contributed by atoms with van der Waals surface area (Å²) in [6, 6.07) is 16.6. The molecule has 7 heteroatoms. The Hall–Kier alpha value is -3.08. The highest BCUT2D eigenvalue weighted by Crippen LogP contribution is 2.55. The average Bonchev–Trinajstić information content (AvgIpc) is 2.98. The first-order chi connectivity index (χ1) is 20.4. The van der Waals surface area contributed by atoms with Crippen molar-refractivity contribution in [2.24, 2.45) is 16.2 Å². The molecule has 2 heterocycles. The van der Waals surface area contributed by atoms with E-state index in [1.54, 1.807) is 6.07 Å². The number of nitrogens with one attached hydrogen (secondary N) is 1. The molecule has 2 aromatic carbocycles. The van der Waals surface area contributed by atoms with Gasteiger partial charge in [0.2, 0.25) is 0 Å². The molecule has 2 saturated heterocycles. The van der Waals surface area contributed by atoms with E-state index in [1.165, 1.54) is 31.4 Å². The fourth-order valence-electron chi connectivity index (χ4n) is 8.90. The Balaban J connectivity index is 1.01. The molecule has 2 N–H and O–H groups in total. The standard InChI is InChI=1S/C36H48N4O3/c1-24-20-30(11-8-26(24)21-37)43-33-34(2,3)32(35(33,4)5)38-31(42)25-6-9-27(10-7-25)40-22-36(23-40)16-12-28(13-17-36)39-18-14-29(41)15-19-39/h6-11,20,28-29,32-33,41H,12-19,22-23H2,1-5H3,(H,38,42). The van der Waals surface area contributed by atoms with E-state index >= 15 is 0 Å². The van der Waals surface area contributed by atoms with E-state index in [0.29, 0.717) is 22.6 Å². The Morgan fingerprint density at radius 3 is 2.19 bits per heavy atom. The van der Waals surface area contributed by atoms with Crippen LogP contribution in [0.25, 0.3) is 0 Å². The number of rotatable bonds is 6. The highest BCUT2D eigenvalue weighted by molar-refractivity contribution is 5.95. The maximum Gasteiger partial charge on any atom is 0.251 e. The van der Waals surface area contributed by atoms with Crippen LogP contribution in [-0.4, -0.2) is 66.4 Å². The number of anilines is 1. The summed E-state index contributed by atoms with van der Waals surface area (Å²) >= 11 is 0. The smallest absolute Gasteiger partial charge is 0.251 e. The van der Waals surface area contributed by atoms with Crippen LogP contribution in [0.4, 0.5) is 5.69 Å². The minimum absolute atomic E-state index is 0.0444. The molecule has 7 nitrogen and oxygen atoms in total. The van der Waals surface area contributed by atoms with Crippen molar-refractivity contribution in [3.05, 3.63) is 59.2 Å². The van der Waals surface area contributed by atoms with Crippen molar-refractivity contribution in [2.75, 3.05) is 31.1 Å². The van der Waals surface area contributed by atoms with Crippen molar-refractivity contribution in [2.45, 2.75) is 97.4 Å². The third-order valence-corrected chi connectivity index (χ3v) is 11.3. The number of carbonyl (C=O) groups excluding carboxylic acids is 1. The SMILES string of the molecule is Cc1cc(OC2C(C)(C)C(NC(=O)c3ccc(N4CC5(CCC(N6CCC(O)CC6)CC5)C4)cc3)C2(C)C)ccc1C#N. The Bertz CT molecular complexity index is 1350. The zero-order valence-electron chi connectivity index (χ0n) is 26.5. The van der Waals surface area contributed by atoms with Gasteiger partial charge in [-0.3, -0.25) is 4.79 Å². The largest absolute Gasteiger partial charge is 0.489 e. The number of hydrogen-bond donors (Lipinski definition) is 2. The molecule has 4 aliphatic rings. The van der Waals surface area contributed by atoms with Crippen LogP contribution >= 0.6 is 0 Å². The summed E-state index contributed by atoms with van der Waals surface area (Å²) in [6.07, 6.45) is 6.79. The molecule has 4 fully saturated rings. The number of ether oxygens (including phenoxy) is 1. The van der Waals surface area contributed by atoms with Gasteiger partial charge >= 0.3 is 0 Å². The predicted octanol–water partition coefficient (Wildman–Crippen LogP) is 5.68. The summed E-state index contributed by atoms with van der Waals surface area (Å²) in [5.41, 5.74) is 3.36. The summed E-state index contributed by atoms with van der Waals surface area (Å²) < 4.78 is 6.45. The Morgan fingerprint density at radius 1 is 0.977 bits per heavy atom. The molecule has 0 bridgehead atoms. The second-order valence-corrected chi connectivity index (χ2v) is 15.0. The van der Waals surface area contributed by atoms with Gasteiger partial charge in [-0.2, -0.15) is 5.26 Å². The highest BCUT2D eigenvalue weighted by atomic mass is 16.5. The average molecular weight is 585 g/mol. The van der Waals surface area contributed by atoms with Crippen LogP contribution in [0.3, 0.4) is 0 Å². The van der Waals surface area contributed by atoms with Crippen LogP contribution in [0.15, 0.2) is 42.5 Å². The van der Waals surface area contributed by atoms with Crippen LogP contribution in [0.5, 0.6) is 5.75 Å². The summed E-state index contributed by atoms with van der Waals surface area (Å²) in [6.45, 7) is 14.8. The van der Waals surface area contributed by atoms with Crippen molar-refractivity contribution in [1.82, 2.24) is 10.2 Å². The molecular weight excluding hydrogens is 536 g/mol. The first-order valence-electron chi connectivity index (χ1n) is 16.2. The number of aliphatic hydroxyl groups is 1. The zero-order valence-corrected chi connectivity index (χ0v) is 26.5. The van der Waals surface area contributed by atoms with Crippen molar-refractivity contribution in [3.8, 4) is 11.8 Å². The van der Waals surface area contributed by atoms with Gasteiger partial charge < -0.3 is 25.0 Å². The number of likely N-dealkylation sites (tertiary alicyclic amines) is 1. The fraction of sp³-hybridized carbons (Fsp3) is 0.611. The van der Waals surface area contributed by atoms with Gasteiger partial charge in [-0.05, 0) is 93.5 Å². The first-order valence-corrected chi connectivity index (χ1v) is 16.2. The van der Waals surface area contributed by atoms with Crippen molar-refractivity contribution in [3.63, 3.8) is 0 Å². The number of nitrogens with zero attached hydrogens (tertiary/aromatic N) is 3. The number of benzene rings is 2. The lowest BCUT2D eigenvalue weighted by Crippen LogP contribution is -2.74. The lowest BCUT2D eigenvalue weighted by molar-refractivity contribution is -0.164. The summed E-state index contributed by atoms with van der Waals surface area (Å²) in [7, 11) is 0. The Kier molecular flexibility index (Phi) is 7.75. The molecule has 1 spiro atoms. The second kappa shape index (κ2) is 11.1. The van der Waals surface area contributed by atoms with Gasteiger partial charge in [0.1, 0.15) is 11.9 Å². The molecule has 0 radical (unpaired) electrons. The van der Waals surface area contributed by atoms with Crippen LogP contribution in [0, 0.1) is 34.5 Å². The molecule has 2 aliphatic heterocycles. The first kappa shape index (κ1) is 30.0. The molecule has 0 aromatic heterocycles. The molecule has 2 saturated carbocycles. The number of hydrogen-bond acceptors (Lipinski definition) is 6. The van der Waals surface area contributed by atoms with Crippen LogP contribution in [0.1, 0.15) is 87.7 Å². The van der Waals surface area contributed by atoms with E-state index in [9.17, 15) is 15.2 Å². The summed E-state index contributed by atoms with van der Waals surface area (Å²) in [5, 5.41) is 22.4. The van der Waals surface area contributed by atoms with E-state index in [-0.39, 0.29) is 35.0 Å². The minimum Gasteiger partial charge on any atom is -0.489 e. The quantitative estimate of drug-likeness (QED) is 0.454. The lowest BCUT2D eigenvalue weighted by atomic mass is 9.49. The summed E-state index contributed by atoms with van der Waals surface area (Å²) in [5.74, 6) is 0.709. The number of aliphatic hydroxyl groups excluding tert-OH is 1. The predicted molar refractivity (Wildman–Crippen MR) is 169 cm³/mol. The molecule has 230 valence electrons. The lowest BCUT2D eigenvalue weighted by Gasteiger charge is -2.63. The molecule has 2 aromatic rings. The monoisotopic (exact) mass is 584 g/mol. The van der Waals surface area contributed by atoms with E-state index in [4.69, 9.17) is 4.74 Å². The molecule has 2 aliphatic carbocycles. The molecule has 1 amide bonds. The van der Waals surface area contributed by atoms with E-state index in [2.05, 4.69) is 61.0 Å². The van der Waals surface area contributed by atoms with E-state index in [1.807, 2.05) is 31.2 Å². The van der Waals surface area contributed by atoms with Gasteiger partial charge in [0.15, 0.2) is 0 Å². The topological polar surface area (TPSA) is 88.8 Å². The molecule has 0 atom stereocenters. The van der Waals surface area contributed by atoms with E-state index in [0.717, 1.165) is 50.3 Å². The maximum atomic E-state index is 13.4. The van der Waals surface area contributed by atoms with Gasteiger partial charge in [0.25, 0.3) is 5.91 Å². The van der Waals surface area contributed by atoms with Crippen molar-refractivity contribution < 1.29 is 14.6 Å². The van der Waals surface area contributed by atoms with Crippen LogP contribution in [-0.2, 0) is 0 Å². The van der Waals surface area contributed by atoms with E-state index < -0.39 is 0 Å². The third-order valence-electron chi connectivity index (χ3n) is 11.3. The number of nitriles is 1.